The molecule has 3 heterocycles. The van der Waals surface area contributed by atoms with Crippen molar-refractivity contribution >= 4 is 17.8 Å². The molecule has 1 aromatic heterocycles. The van der Waals surface area contributed by atoms with E-state index in [4.69, 9.17) is 9.90 Å². The van der Waals surface area contributed by atoms with Gasteiger partial charge in [-0.1, -0.05) is 13.0 Å². The molecule has 4 rings (SSSR count). The first-order valence-corrected chi connectivity index (χ1v) is 13.2. The Hall–Kier alpha value is -3.81. The first kappa shape index (κ1) is 31.7. The Kier molecular flexibility index (Phi) is 9.89. The van der Waals surface area contributed by atoms with Crippen molar-refractivity contribution < 1.29 is 37.1 Å². The van der Waals surface area contributed by atoms with Gasteiger partial charge in [0, 0.05) is 38.2 Å². The van der Waals surface area contributed by atoms with Crippen molar-refractivity contribution in [2.24, 2.45) is 0 Å². The number of piperazine rings is 1. The Morgan fingerprint density at radius 1 is 1.07 bits per heavy atom. The van der Waals surface area contributed by atoms with Gasteiger partial charge in [0.1, 0.15) is 5.82 Å². The fourth-order valence-corrected chi connectivity index (χ4v) is 4.91. The number of amides is 2. The molecule has 2 aromatic rings. The number of nitrogens with zero attached hydrogens (tertiary/aromatic N) is 3. The topological polar surface area (TPSA) is 136 Å². The van der Waals surface area contributed by atoms with Crippen molar-refractivity contribution in [3.8, 4) is 0 Å². The van der Waals surface area contributed by atoms with Crippen LogP contribution < -0.4 is 10.9 Å². The Morgan fingerprint density at radius 3 is 2.22 bits per heavy atom. The molecule has 14 heteroatoms. The highest BCUT2D eigenvalue weighted by Crippen LogP contribution is 2.26. The van der Waals surface area contributed by atoms with E-state index in [1.165, 1.54) is 6.07 Å². The van der Waals surface area contributed by atoms with Crippen LogP contribution in [0.25, 0.3) is 0 Å². The second-order valence-electron chi connectivity index (χ2n) is 10.1. The van der Waals surface area contributed by atoms with Crippen LogP contribution in [0.15, 0.2) is 23.0 Å². The summed E-state index contributed by atoms with van der Waals surface area (Å²) in [4.78, 5) is 50.3. The van der Waals surface area contributed by atoms with E-state index < -0.39 is 23.5 Å². The number of carbonyl (C=O) groups excluding carboxylic acids is 2. The number of carboxylic acids is 1. The Balaban J connectivity index is 0.000000587. The molecule has 41 heavy (non-hydrogen) atoms. The minimum Gasteiger partial charge on any atom is -0.475 e. The number of rotatable bonds is 5. The summed E-state index contributed by atoms with van der Waals surface area (Å²) in [5.41, 5.74) is 2.08. The Bertz CT molecular complexity index is 1350. The number of aromatic amines is 1. The molecule has 1 unspecified atom stereocenters. The number of carboxylic acid groups (broad SMARTS) is 1. The van der Waals surface area contributed by atoms with Crippen LogP contribution in [0.4, 0.5) is 17.6 Å². The molecule has 224 valence electrons. The minimum absolute atomic E-state index is 0.0126. The monoisotopic (exact) mass is 583 g/mol. The Morgan fingerprint density at radius 2 is 1.68 bits per heavy atom. The van der Waals surface area contributed by atoms with Crippen LogP contribution in [0.2, 0.25) is 0 Å². The van der Waals surface area contributed by atoms with Crippen LogP contribution >= 0.6 is 0 Å². The van der Waals surface area contributed by atoms with Gasteiger partial charge < -0.3 is 20.2 Å². The molecule has 2 saturated heterocycles. The molecule has 1 aromatic carbocycles. The van der Waals surface area contributed by atoms with Gasteiger partial charge in [0.05, 0.1) is 16.8 Å². The van der Waals surface area contributed by atoms with Gasteiger partial charge in [-0.15, -0.1) is 0 Å². The van der Waals surface area contributed by atoms with Crippen LogP contribution in [0, 0.1) is 19.7 Å². The van der Waals surface area contributed by atoms with Crippen molar-refractivity contribution in [1.29, 1.82) is 0 Å². The third kappa shape index (κ3) is 7.29. The third-order valence-electron chi connectivity index (χ3n) is 7.61. The zero-order valence-electron chi connectivity index (χ0n) is 23.0. The van der Waals surface area contributed by atoms with Gasteiger partial charge in [-0.05, 0) is 62.9 Å². The SMILES string of the molecule is CCC1(C(=O)N2CCN(C(=O)c3cc(Cc4n[nH]c(=O)c(C)c4C)ccc3F)CC2)CCCN1.O=C(O)C(F)(F)F. The predicted octanol–water partition coefficient (Wildman–Crippen LogP) is 2.57. The van der Waals surface area contributed by atoms with Crippen LogP contribution in [0.5, 0.6) is 0 Å². The number of H-pyrrole nitrogens is 1. The van der Waals surface area contributed by atoms with Crippen LogP contribution in [0.3, 0.4) is 0 Å². The molecular weight excluding hydrogens is 550 g/mol. The molecule has 0 radical (unpaired) electrons. The standard InChI is InChI=1S/C25H32FN5O3.C2HF3O2/c1-4-25(8-5-9-27-25)24(34)31-12-10-30(11-13-31)23(33)19-14-18(6-7-20(19)26)15-21-16(2)17(3)22(32)29-28-21;3-2(4,5)1(6)7/h6-7,14,27H,4-5,8-13,15H2,1-3H3,(H,29,32);(H,6,7). The molecule has 2 amide bonds. The van der Waals surface area contributed by atoms with Gasteiger partial charge in [-0.2, -0.15) is 18.3 Å². The summed E-state index contributed by atoms with van der Waals surface area (Å²) in [6.45, 7) is 8.05. The first-order valence-electron chi connectivity index (χ1n) is 13.2. The van der Waals surface area contributed by atoms with Crippen molar-refractivity contribution in [3.05, 3.63) is 62.3 Å². The molecule has 3 N–H and O–H groups in total. The number of aliphatic carboxylic acids is 1. The fourth-order valence-electron chi connectivity index (χ4n) is 4.91. The van der Waals surface area contributed by atoms with Gasteiger partial charge in [-0.25, -0.2) is 14.3 Å². The van der Waals surface area contributed by atoms with E-state index in [1.54, 1.807) is 24.0 Å². The van der Waals surface area contributed by atoms with E-state index >= 15 is 0 Å². The van der Waals surface area contributed by atoms with E-state index in [9.17, 15) is 31.9 Å². The number of nitrogens with one attached hydrogen (secondary N) is 2. The lowest BCUT2D eigenvalue weighted by Gasteiger charge is -2.39. The van der Waals surface area contributed by atoms with Crippen molar-refractivity contribution in [2.45, 2.75) is 58.2 Å². The average molecular weight is 584 g/mol. The minimum atomic E-state index is -5.08. The van der Waals surface area contributed by atoms with Crippen molar-refractivity contribution in [1.82, 2.24) is 25.3 Å². The molecule has 10 nitrogen and oxygen atoms in total. The number of alkyl halides is 3. The maximum Gasteiger partial charge on any atom is 0.490 e. The maximum atomic E-state index is 14.6. The summed E-state index contributed by atoms with van der Waals surface area (Å²) in [7, 11) is 0. The van der Waals surface area contributed by atoms with Gasteiger partial charge in [0.25, 0.3) is 11.5 Å². The van der Waals surface area contributed by atoms with E-state index in [-0.39, 0.29) is 22.9 Å². The molecule has 0 bridgehead atoms. The van der Waals surface area contributed by atoms with Gasteiger partial charge >= 0.3 is 12.1 Å². The molecule has 0 aliphatic carbocycles. The highest BCUT2D eigenvalue weighted by Gasteiger charge is 2.42. The zero-order chi connectivity index (χ0) is 30.5. The number of hydrogen-bond acceptors (Lipinski definition) is 6. The summed E-state index contributed by atoms with van der Waals surface area (Å²) in [6, 6.07) is 4.49. The molecule has 2 fully saturated rings. The summed E-state index contributed by atoms with van der Waals surface area (Å²) < 4.78 is 46.4. The summed E-state index contributed by atoms with van der Waals surface area (Å²) in [5, 5.41) is 17.1. The van der Waals surface area contributed by atoms with Crippen molar-refractivity contribution in [3.63, 3.8) is 0 Å². The third-order valence-corrected chi connectivity index (χ3v) is 7.61. The Labute approximate surface area is 233 Å². The molecule has 0 spiro atoms. The zero-order valence-corrected chi connectivity index (χ0v) is 23.0. The van der Waals surface area contributed by atoms with Gasteiger partial charge in [-0.3, -0.25) is 14.4 Å². The largest absolute Gasteiger partial charge is 0.490 e. The average Bonchev–Trinajstić information content (AvgIpc) is 3.44. The van der Waals surface area contributed by atoms with Crippen LogP contribution in [0.1, 0.15) is 58.9 Å². The normalized spacial score (nSPS) is 19.0. The lowest BCUT2D eigenvalue weighted by Crippen LogP contribution is -2.59. The number of halogens is 4. The summed E-state index contributed by atoms with van der Waals surface area (Å²) in [5.74, 6) is -3.60. The summed E-state index contributed by atoms with van der Waals surface area (Å²) >= 11 is 0. The highest BCUT2D eigenvalue weighted by atomic mass is 19.4. The number of aromatic nitrogens is 2. The van der Waals surface area contributed by atoms with E-state index in [2.05, 4.69) is 15.5 Å². The lowest BCUT2D eigenvalue weighted by molar-refractivity contribution is -0.192. The second kappa shape index (κ2) is 12.8. The molecule has 1 atom stereocenters. The van der Waals surface area contributed by atoms with Crippen LogP contribution in [-0.2, 0) is 16.0 Å². The number of benzene rings is 1. The van der Waals surface area contributed by atoms with Crippen molar-refractivity contribution in [2.75, 3.05) is 32.7 Å². The smallest absolute Gasteiger partial charge is 0.475 e. The van der Waals surface area contributed by atoms with Gasteiger partial charge in [0.2, 0.25) is 5.91 Å². The molecular formula is C27H33F4N5O5. The van der Waals surface area contributed by atoms with Gasteiger partial charge in [0.15, 0.2) is 0 Å². The molecule has 0 saturated carbocycles. The maximum absolute atomic E-state index is 14.6. The van der Waals surface area contributed by atoms with E-state index in [0.29, 0.717) is 43.9 Å². The van der Waals surface area contributed by atoms with E-state index in [1.807, 2.05) is 18.7 Å². The van der Waals surface area contributed by atoms with E-state index in [0.717, 1.165) is 36.9 Å². The lowest BCUT2D eigenvalue weighted by atomic mass is 9.92. The summed E-state index contributed by atoms with van der Waals surface area (Å²) in [6.07, 6.45) is -2.14. The molecule has 2 aliphatic heterocycles. The second-order valence-corrected chi connectivity index (χ2v) is 10.1. The quantitative estimate of drug-likeness (QED) is 0.461. The molecule has 2 aliphatic rings. The fraction of sp³-hybridized carbons (Fsp3) is 0.519. The highest BCUT2D eigenvalue weighted by molar-refractivity contribution is 5.95. The van der Waals surface area contributed by atoms with Crippen LogP contribution in [-0.4, -0.2) is 87.3 Å². The first-order chi connectivity index (χ1) is 19.2. The number of carbonyl (C=O) groups is 3. The number of hydrogen-bond donors (Lipinski definition) is 3. The predicted molar refractivity (Wildman–Crippen MR) is 140 cm³/mol.